The zero-order valence-electron chi connectivity index (χ0n) is 8.07. The van der Waals surface area contributed by atoms with Crippen molar-refractivity contribution in [3.8, 4) is 0 Å². The largest absolute Gasteiger partial charge is 0.320 e. The number of carbonyl (C=O) groups excluding carboxylic acids is 1. The summed E-state index contributed by atoms with van der Waals surface area (Å²) in [6, 6.07) is 1.58. The molecule has 0 aliphatic heterocycles. The van der Waals surface area contributed by atoms with Crippen molar-refractivity contribution in [2.75, 3.05) is 0 Å². The smallest absolute Gasteiger partial charge is 0.252 e. The molecule has 15 heavy (non-hydrogen) atoms. The first kappa shape index (κ1) is 9.64. The Balaban J connectivity index is 3.00. The number of hydrogen-bond acceptors (Lipinski definition) is 3. The molecule has 0 atom stereocenters. The van der Waals surface area contributed by atoms with Crippen LogP contribution < -0.4 is 11.0 Å². The molecule has 2 radical (unpaired) electrons. The number of aromatic amines is 1. The summed E-state index contributed by atoms with van der Waals surface area (Å²) < 4.78 is 0. The van der Waals surface area contributed by atoms with E-state index in [1.807, 2.05) is 0 Å². The third-order valence-electron chi connectivity index (χ3n) is 2.27. The zero-order valence-corrected chi connectivity index (χ0v) is 8.07. The lowest BCUT2D eigenvalue weighted by Crippen LogP contribution is -2.15. The number of aromatic nitrogens is 2. The van der Waals surface area contributed by atoms with Gasteiger partial charge in [-0.2, -0.15) is 0 Å². The predicted octanol–water partition coefficient (Wildman–Crippen LogP) is -0.162. The standard InChI is InChI=1S/C10H7BN2O2/c1-5-7(4-14)9-8(13-10(5)15)2-6(11)3-12-9/h2-4H,1H3,(H,13,15). The number of rotatable bonds is 1. The number of H-pyrrole nitrogens is 1. The van der Waals surface area contributed by atoms with Gasteiger partial charge >= 0.3 is 0 Å². The first-order valence-electron chi connectivity index (χ1n) is 4.37. The molecule has 0 aliphatic rings. The van der Waals surface area contributed by atoms with Crippen LogP contribution >= 0.6 is 0 Å². The van der Waals surface area contributed by atoms with Gasteiger partial charge in [0.05, 0.1) is 16.6 Å². The van der Waals surface area contributed by atoms with E-state index >= 15 is 0 Å². The highest BCUT2D eigenvalue weighted by Gasteiger charge is 2.08. The van der Waals surface area contributed by atoms with Gasteiger partial charge in [0.15, 0.2) is 6.29 Å². The first-order chi connectivity index (χ1) is 7.13. The second-order valence-corrected chi connectivity index (χ2v) is 3.28. The first-order valence-corrected chi connectivity index (χ1v) is 4.37. The number of carbonyl (C=O) groups is 1. The Kier molecular flexibility index (Phi) is 2.15. The number of hydrogen-bond donors (Lipinski definition) is 1. The van der Waals surface area contributed by atoms with Gasteiger partial charge in [-0.1, -0.05) is 5.46 Å². The van der Waals surface area contributed by atoms with Crippen LogP contribution in [-0.4, -0.2) is 24.1 Å². The average Bonchev–Trinajstić information content (AvgIpc) is 2.20. The van der Waals surface area contributed by atoms with E-state index in [2.05, 4.69) is 9.97 Å². The van der Waals surface area contributed by atoms with Crippen molar-refractivity contribution in [1.82, 2.24) is 9.97 Å². The maximum atomic E-state index is 11.4. The summed E-state index contributed by atoms with van der Waals surface area (Å²) in [6.45, 7) is 1.58. The molecule has 1 N–H and O–H groups in total. The van der Waals surface area contributed by atoms with E-state index < -0.39 is 0 Å². The fourth-order valence-electron chi connectivity index (χ4n) is 1.45. The molecule has 2 aromatic heterocycles. The number of fused-ring (bicyclic) bond motifs is 1. The van der Waals surface area contributed by atoms with E-state index in [1.165, 1.54) is 6.20 Å². The summed E-state index contributed by atoms with van der Waals surface area (Å²) in [5.74, 6) is 0. The maximum Gasteiger partial charge on any atom is 0.252 e. The molecule has 5 heteroatoms. The Morgan fingerprint density at radius 3 is 2.93 bits per heavy atom. The van der Waals surface area contributed by atoms with Crippen molar-refractivity contribution < 1.29 is 4.79 Å². The zero-order chi connectivity index (χ0) is 11.0. The van der Waals surface area contributed by atoms with Crippen molar-refractivity contribution in [3.05, 3.63) is 33.7 Å². The number of nitrogens with one attached hydrogen (secondary N) is 1. The quantitative estimate of drug-likeness (QED) is 0.511. The minimum atomic E-state index is -0.294. The molecule has 4 nitrogen and oxygen atoms in total. The monoisotopic (exact) mass is 198 g/mol. The van der Waals surface area contributed by atoms with Crippen LogP contribution in [0.4, 0.5) is 0 Å². The average molecular weight is 198 g/mol. The van der Waals surface area contributed by atoms with Crippen molar-refractivity contribution in [2.45, 2.75) is 6.92 Å². The van der Waals surface area contributed by atoms with E-state index in [1.54, 1.807) is 13.0 Å². The van der Waals surface area contributed by atoms with Gasteiger partial charge in [0.2, 0.25) is 0 Å². The van der Waals surface area contributed by atoms with Gasteiger partial charge in [-0.05, 0) is 13.0 Å². The summed E-state index contributed by atoms with van der Waals surface area (Å²) in [7, 11) is 5.53. The van der Waals surface area contributed by atoms with Crippen LogP contribution in [0, 0.1) is 6.92 Å². The van der Waals surface area contributed by atoms with Crippen molar-refractivity contribution in [2.24, 2.45) is 0 Å². The second kappa shape index (κ2) is 3.35. The number of nitrogens with zero attached hydrogens (tertiary/aromatic N) is 1. The van der Waals surface area contributed by atoms with Crippen LogP contribution in [0.5, 0.6) is 0 Å². The maximum absolute atomic E-state index is 11.4. The summed E-state index contributed by atoms with van der Waals surface area (Å²) >= 11 is 0. The topological polar surface area (TPSA) is 62.8 Å². The molecule has 72 valence electrons. The van der Waals surface area contributed by atoms with E-state index in [9.17, 15) is 9.59 Å². The molecule has 0 aromatic carbocycles. The van der Waals surface area contributed by atoms with Crippen molar-refractivity contribution in [1.29, 1.82) is 0 Å². The predicted molar refractivity (Wildman–Crippen MR) is 57.9 cm³/mol. The summed E-state index contributed by atoms with van der Waals surface area (Å²) in [5, 5.41) is 0. The normalized spacial score (nSPS) is 10.5. The van der Waals surface area contributed by atoms with E-state index in [-0.39, 0.29) is 5.56 Å². The molecule has 0 saturated heterocycles. The van der Waals surface area contributed by atoms with Gasteiger partial charge in [-0.15, -0.1) is 0 Å². The molecular formula is C10H7BN2O2. The Labute approximate surface area is 86.8 Å². The lowest BCUT2D eigenvalue weighted by molar-refractivity contribution is 0.112. The van der Waals surface area contributed by atoms with Crippen LogP contribution in [0.1, 0.15) is 15.9 Å². The molecule has 2 rings (SSSR count). The lowest BCUT2D eigenvalue weighted by Gasteiger charge is -2.03. The van der Waals surface area contributed by atoms with Crippen LogP contribution in [0.15, 0.2) is 17.1 Å². The van der Waals surface area contributed by atoms with Crippen molar-refractivity contribution >= 4 is 30.6 Å². The third kappa shape index (κ3) is 1.46. The molecule has 0 aliphatic carbocycles. The van der Waals surface area contributed by atoms with Gasteiger partial charge in [0.25, 0.3) is 5.56 Å². The van der Waals surface area contributed by atoms with Gasteiger partial charge in [0.1, 0.15) is 7.85 Å². The lowest BCUT2D eigenvalue weighted by atomic mass is 9.97. The molecule has 0 unspecified atom stereocenters. The summed E-state index contributed by atoms with van der Waals surface area (Å²) in [6.07, 6.45) is 2.09. The molecule has 0 saturated carbocycles. The Morgan fingerprint density at radius 2 is 2.27 bits per heavy atom. The van der Waals surface area contributed by atoms with Crippen LogP contribution in [0.2, 0.25) is 0 Å². The van der Waals surface area contributed by atoms with Crippen LogP contribution in [-0.2, 0) is 0 Å². The second-order valence-electron chi connectivity index (χ2n) is 3.28. The highest BCUT2D eigenvalue weighted by molar-refractivity contribution is 6.32. The van der Waals surface area contributed by atoms with Crippen LogP contribution in [0.25, 0.3) is 11.0 Å². The minimum absolute atomic E-state index is 0.294. The Bertz CT molecular complexity index is 604. The summed E-state index contributed by atoms with van der Waals surface area (Å²) in [4.78, 5) is 28.9. The number of aldehydes is 1. The Hall–Kier alpha value is -1.91. The minimum Gasteiger partial charge on any atom is -0.320 e. The highest BCUT2D eigenvalue weighted by Crippen LogP contribution is 2.11. The van der Waals surface area contributed by atoms with E-state index in [4.69, 9.17) is 7.85 Å². The van der Waals surface area contributed by atoms with Crippen LogP contribution in [0.3, 0.4) is 0 Å². The fourth-order valence-corrected chi connectivity index (χ4v) is 1.45. The van der Waals surface area contributed by atoms with Gasteiger partial charge in [-0.25, -0.2) is 0 Å². The molecule has 0 spiro atoms. The van der Waals surface area contributed by atoms with Crippen molar-refractivity contribution in [3.63, 3.8) is 0 Å². The van der Waals surface area contributed by atoms with Gasteiger partial charge in [-0.3, -0.25) is 14.6 Å². The molecule has 2 aromatic rings. The van der Waals surface area contributed by atoms with Gasteiger partial charge in [0, 0.05) is 11.8 Å². The molecule has 0 amide bonds. The van der Waals surface area contributed by atoms with E-state index in [0.29, 0.717) is 33.9 Å². The van der Waals surface area contributed by atoms with Gasteiger partial charge < -0.3 is 4.98 Å². The third-order valence-corrected chi connectivity index (χ3v) is 2.27. The fraction of sp³-hybridized carbons (Fsp3) is 0.100. The number of pyridine rings is 2. The highest BCUT2D eigenvalue weighted by atomic mass is 16.1. The van der Waals surface area contributed by atoms with E-state index in [0.717, 1.165) is 0 Å². The Morgan fingerprint density at radius 1 is 1.53 bits per heavy atom. The molecular weight excluding hydrogens is 191 g/mol. The molecule has 0 fully saturated rings. The SMILES string of the molecule is [B]c1cnc2c(C=O)c(C)c(=O)[nH]c2c1. The molecule has 0 bridgehead atoms. The summed E-state index contributed by atoms with van der Waals surface area (Å²) in [5.41, 5.74) is 1.78. The molecule has 2 heterocycles.